The molecule has 0 saturated carbocycles. The van der Waals surface area contributed by atoms with E-state index in [1.165, 1.54) is 0 Å². The van der Waals surface area contributed by atoms with E-state index in [4.69, 9.17) is 16.7 Å². The Balaban J connectivity index is 1.29. The van der Waals surface area contributed by atoms with Gasteiger partial charge in [-0.3, -0.25) is 0 Å². The number of aryl methyl sites for hydroxylation is 1. The Kier molecular flexibility index (Phi) is 4.91. The van der Waals surface area contributed by atoms with E-state index < -0.39 is 10.0 Å². The standard InChI is InChI=1S/C20H23ClN6O2S/c1-2-18-22-23-19-7-8-20(24-27(18)19)25-9-15-11-26(12-16(15)10-25)30(28,29)13-14-5-3-4-6-17(14)21/h3-8,15-16H,2,9-13H2,1H3. The summed E-state index contributed by atoms with van der Waals surface area (Å²) in [5.74, 6) is 2.27. The minimum absolute atomic E-state index is 0.0541. The molecule has 0 aliphatic carbocycles. The molecule has 2 saturated heterocycles. The Morgan fingerprint density at radius 3 is 2.47 bits per heavy atom. The summed E-state index contributed by atoms with van der Waals surface area (Å²) in [6, 6.07) is 11.0. The molecule has 8 nitrogen and oxygen atoms in total. The van der Waals surface area contributed by atoms with Crippen molar-refractivity contribution in [3.63, 3.8) is 0 Å². The summed E-state index contributed by atoms with van der Waals surface area (Å²) in [5, 5.41) is 13.5. The van der Waals surface area contributed by atoms with Crippen LogP contribution in [0.25, 0.3) is 5.65 Å². The molecule has 3 aromatic rings. The van der Waals surface area contributed by atoms with E-state index in [2.05, 4.69) is 15.1 Å². The lowest BCUT2D eigenvalue weighted by Crippen LogP contribution is -2.34. The third-order valence-corrected chi connectivity index (χ3v) is 8.22. The van der Waals surface area contributed by atoms with Crippen molar-refractivity contribution in [1.82, 2.24) is 24.1 Å². The monoisotopic (exact) mass is 446 g/mol. The second-order valence-electron chi connectivity index (χ2n) is 8.02. The maximum absolute atomic E-state index is 12.9. The molecule has 2 atom stereocenters. The molecule has 4 heterocycles. The highest BCUT2D eigenvalue weighted by Gasteiger charge is 2.44. The topological polar surface area (TPSA) is 83.7 Å². The van der Waals surface area contributed by atoms with Gasteiger partial charge in [0.25, 0.3) is 0 Å². The first kappa shape index (κ1) is 19.7. The molecule has 0 bridgehead atoms. The van der Waals surface area contributed by atoms with Crippen molar-refractivity contribution in [2.75, 3.05) is 31.1 Å². The highest BCUT2D eigenvalue weighted by atomic mass is 35.5. The Hall–Kier alpha value is -2.23. The zero-order valence-electron chi connectivity index (χ0n) is 16.6. The molecule has 2 unspecified atom stereocenters. The van der Waals surface area contributed by atoms with Gasteiger partial charge in [-0.15, -0.1) is 15.3 Å². The fourth-order valence-corrected chi connectivity index (χ4v) is 6.43. The van der Waals surface area contributed by atoms with Crippen molar-refractivity contribution in [2.45, 2.75) is 19.1 Å². The van der Waals surface area contributed by atoms with Gasteiger partial charge in [-0.1, -0.05) is 36.7 Å². The predicted octanol–water partition coefficient (Wildman–Crippen LogP) is 2.24. The molecule has 2 aliphatic heterocycles. The summed E-state index contributed by atoms with van der Waals surface area (Å²) in [6.45, 7) is 4.71. The van der Waals surface area contributed by atoms with E-state index in [0.717, 1.165) is 36.8 Å². The van der Waals surface area contributed by atoms with Gasteiger partial charge in [-0.25, -0.2) is 12.7 Å². The highest BCUT2D eigenvalue weighted by Crippen LogP contribution is 2.35. The minimum Gasteiger partial charge on any atom is -0.355 e. The Morgan fingerprint density at radius 1 is 1.03 bits per heavy atom. The average Bonchev–Trinajstić information content (AvgIpc) is 3.41. The third-order valence-electron chi connectivity index (χ3n) is 6.10. The number of nitrogens with zero attached hydrogens (tertiary/aromatic N) is 6. The smallest absolute Gasteiger partial charge is 0.218 e. The van der Waals surface area contributed by atoms with Gasteiger partial charge < -0.3 is 4.90 Å². The Morgan fingerprint density at radius 2 is 1.77 bits per heavy atom. The van der Waals surface area contributed by atoms with E-state index in [0.29, 0.717) is 35.5 Å². The van der Waals surface area contributed by atoms with Crippen LogP contribution in [0.1, 0.15) is 18.3 Å². The lowest BCUT2D eigenvalue weighted by Gasteiger charge is -2.22. The summed E-state index contributed by atoms with van der Waals surface area (Å²) >= 11 is 6.17. The largest absolute Gasteiger partial charge is 0.355 e. The van der Waals surface area contributed by atoms with Gasteiger partial charge in [0.15, 0.2) is 11.5 Å². The Bertz CT molecular complexity index is 1180. The van der Waals surface area contributed by atoms with Crippen LogP contribution >= 0.6 is 11.6 Å². The van der Waals surface area contributed by atoms with E-state index in [9.17, 15) is 8.42 Å². The molecule has 2 fully saturated rings. The van der Waals surface area contributed by atoms with Crippen LogP contribution in [-0.2, 0) is 22.2 Å². The van der Waals surface area contributed by atoms with Gasteiger partial charge >= 0.3 is 0 Å². The number of fused-ring (bicyclic) bond motifs is 2. The lowest BCUT2D eigenvalue weighted by molar-refractivity contribution is 0.452. The predicted molar refractivity (Wildman–Crippen MR) is 115 cm³/mol. The molecule has 30 heavy (non-hydrogen) atoms. The SMILES string of the molecule is CCc1nnc2ccc(N3CC4CN(S(=O)(=O)Cc5ccccc5Cl)CC4C3)nn12. The summed E-state index contributed by atoms with van der Waals surface area (Å²) in [6.07, 6.45) is 0.765. The van der Waals surface area contributed by atoms with E-state index >= 15 is 0 Å². The van der Waals surface area contributed by atoms with Crippen LogP contribution in [0.3, 0.4) is 0 Å². The highest BCUT2D eigenvalue weighted by molar-refractivity contribution is 7.88. The van der Waals surface area contributed by atoms with Crippen LogP contribution < -0.4 is 4.90 Å². The van der Waals surface area contributed by atoms with Crippen molar-refractivity contribution in [3.8, 4) is 0 Å². The van der Waals surface area contributed by atoms with Crippen molar-refractivity contribution in [1.29, 1.82) is 0 Å². The lowest BCUT2D eigenvalue weighted by atomic mass is 10.0. The van der Waals surface area contributed by atoms with Gasteiger partial charge in [0.2, 0.25) is 10.0 Å². The average molecular weight is 447 g/mol. The van der Waals surface area contributed by atoms with Gasteiger partial charge in [-0.2, -0.15) is 4.52 Å². The molecule has 0 amide bonds. The van der Waals surface area contributed by atoms with Gasteiger partial charge in [0.1, 0.15) is 5.82 Å². The molecule has 5 rings (SSSR count). The molecule has 1 aromatic carbocycles. The summed E-state index contributed by atoms with van der Waals surface area (Å²) in [7, 11) is -3.40. The first-order valence-electron chi connectivity index (χ1n) is 10.1. The number of aromatic nitrogens is 4. The normalized spacial score (nSPS) is 22.1. The van der Waals surface area contributed by atoms with E-state index in [-0.39, 0.29) is 5.75 Å². The molecule has 0 spiro atoms. The van der Waals surface area contributed by atoms with Gasteiger partial charge in [-0.05, 0) is 35.6 Å². The number of anilines is 1. The maximum atomic E-state index is 12.9. The fraction of sp³-hybridized carbons (Fsp3) is 0.450. The molecule has 158 valence electrons. The minimum atomic E-state index is -3.40. The second-order valence-corrected chi connectivity index (χ2v) is 10.4. The number of hydrogen-bond acceptors (Lipinski definition) is 6. The summed E-state index contributed by atoms with van der Waals surface area (Å²) in [4.78, 5) is 2.24. The van der Waals surface area contributed by atoms with Crippen LogP contribution in [0.15, 0.2) is 36.4 Å². The first-order valence-corrected chi connectivity index (χ1v) is 12.1. The summed E-state index contributed by atoms with van der Waals surface area (Å²) in [5.41, 5.74) is 1.39. The Labute approximate surface area is 180 Å². The second kappa shape index (κ2) is 7.47. The van der Waals surface area contributed by atoms with Crippen molar-refractivity contribution < 1.29 is 8.42 Å². The molecule has 0 radical (unpaired) electrons. The van der Waals surface area contributed by atoms with Crippen LogP contribution in [0.2, 0.25) is 5.02 Å². The number of sulfonamides is 1. The van der Waals surface area contributed by atoms with Gasteiger partial charge in [0.05, 0.1) is 5.75 Å². The number of hydrogen-bond donors (Lipinski definition) is 0. The molecule has 10 heteroatoms. The molecular formula is C20H23ClN6O2S. The van der Waals surface area contributed by atoms with Gasteiger partial charge in [0, 0.05) is 37.6 Å². The zero-order chi connectivity index (χ0) is 20.9. The number of halogens is 1. The fourth-order valence-electron chi connectivity index (χ4n) is 4.48. The van der Waals surface area contributed by atoms with Crippen LogP contribution in [0.4, 0.5) is 5.82 Å². The van der Waals surface area contributed by atoms with Crippen molar-refractivity contribution >= 4 is 33.1 Å². The number of benzene rings is 1. The van der Waals surface area contributed by atoms with Crippen LogP contribution in [0, 0.1) is 11.8 Å². The van der Waals surface area contributed by atoms with Crippen LogP contribution in [-0.4, -0.2) is 58.7 Å². The maximum Gasteiger partial charge on any atom is 0.218 e. The van der Waals surface area contributed by atoms with E-state index in [1.807, 2.05) is 31.2 Å². The van der Waals surface area contributed by atoms with E-state index in [1.54, 1.807) is 21.0 Å². The number of rotatable bonds is 5. The quantitative estimate of drug-likeness (QED) is 0.597. The first-order chi connectivity index (χ1) is 14.4. The molecule has 2 aliphatic rings. The van der Waals surface area contributed by atoms with Crippen molar-refractivity contribution in [2.24, 2.45) is 11.8 Å². The zero-order valence-corrected chi connectivity index (χ0v) is 18.2. The molecular weight excluding hydrogens is 424 g/mol. The van der Waals surface area contributed by atoms with Crippen molar-refractivity contribution in [3.05, 3.63) is 52.8 Å². The third kappa shape index (κ3) is 3.44. The molecule has 2 aromatic heterocycles. The summed E-state index contributed by atoms with van der Waals surface area (Å²) < 4.78 is 29.3. The van der Waals surface area contributed by atoms with Crippen LogP contribution in [0.5, 0.6) is 0 Å². The molecule has 0 N–H and O–H groups in total.